The highest BCUT2D eigenvalue weighted by Gasteiger charge is 2.31. The number of carbonyl (C=O) groups excluding carboxylic acids is 1. The summed E-state index contributed by atoms with van der Waals surface area (Å²) in [7, 11) is -7.52. The second kappa shape index (κ2) is 11.3. The van der Waals surface area contributed by atoms with Gasteiger partial charge in [-0.2, -0.15) is 0 Å². The summed E-state index contributed by atoms with van der Waals surface area (Å²) in [5, 5.41) is 2.77. The molecule has 0 aromatic heterocycles. The number of hydrogen-bond donors (Lipinski definition) is 2. The van der Waals surface area contributed by atoms with Crippen LogP contribution in [0.2, 0.25) is 0 Å². The molecule has 0 atom stereocenters. The number of halogens is 2. The molecule has 0 radical (unpaired) electrons. The molecular formula is C25H25BrFN3O5S2. The van der Waals surface area contributed by atoms with Crippen LogP contribution in [0.1, 0.15) is 18.4 Å². The minimum atomic E-state index is -3.80. The van der Waals surface area contributed by atoms with Crippen molar-refractivity contribution < 1.29 is 26.0 Å². The van der Waals surface area contributed by atoms with Crippen LogP contribution in [-0.2, 0) is 30.6 Å². The average molecular weight is 611 g/mol. The summed E-state index contributed by atoms with van der Waals surface area (Å²) < 4.78 is 69.2. The number of hydrogen-bond acceptors (Lipinski definition) is 5. The highest BCUT2D eigenvalue weighted by molar-refractivity contribution is 9.10. The molecule has 0 aliphatic carbocycles. The molecule has 4 rings (SSSR count). The molecule has 2 N–H and O–H groups in total. The predicted molar refractivity (Wildman–Crippen MR) is 143 cm³/mol. The number of nitrogens with one attached hydrogen (secondary N) is 2. The lowest BCUT2D eigenvalue weighted by molar-refractivity contribution is -0.120. The number of anilines is 2. The molecule has 1 aliphatic heterocycles. The lowest BCUT2D eigenvalue weighted by Crippen LogP contribution is -2.42. The van der Waals surface area contributed by atoms with Gasteiger partial charge in [0.15, 0.2) is 0 Å². The van der Waals surface area contributed by atoms with Crippen LogP contribution in [0.15, 0.2) is 82.2 Å². The first-order valence-electron chi connectivity index (χ1n) is 11.4. The molecule has 3 aromatic carbocycles. The van der Waals surface area contributed by atoms with Gasteiger partial charge >= 0.3 is 0 Å². The Morgan fingerprint density at radius 2 is 1.49 bits per heavy atom. The van der Waals surface area contributed by atoms with Crippen molar-refractivity contribution in [1.29, 1.82) is 0 Å². The fraction of sp³-hybridized carbons (Fsp3) is 0.240. The molecule has 12 heteroatoms. The van der Waals surface area contributed by atoms with E-state index < -0.39 is 37.5 Å². The summed E-state index contributed by atoms with van der Waals surface area (Å²) >= 11 is 3.30. The molecule has 8 nitrogen and oxygen atoms in total. The van der Waals surface area contributed by atoms with Gasteiger partial charge in [0, 0.05) is 40.4 Å². The third-order valence-electron chi connectivity index (χ3n) is 6.04. The smallest absolute Gasteiger partial charge is 0.261 e. The maximum Gasteiger partial charge on any atom is 0.261 e. The number of sulfonamides is 2. The minimum absolute atomic E-state index is 0.0433. The van der Waals surface area contributed by atoms with Crippen molar-refractivity contribution >= 4 is 53.3 Å². The number of piperidine rings is 1. The zero-order valence-corrected chi connectivity index (χ0v) is 22.8. The Morgan fingerprint density at radius 3 is 2.11 bits per heavy atom. The summed E-state index contributed by atoms with van der Waals surface area (Å²) in [5.74, 6) is -1.66. The summed E-state index contributed by atoms with van der Waals surface area (Å²) in [6.07, 6.45) is 0.651. The molecule has 1 saturated heterocycles. The Balaban J connectivity index is 1.31. The Hall–Kier alpha value is -2.80. The summed E-state index contributed by atoms with van der Waals surface area (Å²) in [6, 6.07) is 18.3. The van der Waals surface area contributed by atoms with Gasteiger partial charge in [-0.1, -0.05) is 34.1 Å². The second-order valence-electron chi connectivity index (χ2n) is 8.65. The molecule has 37 heavy (non-hydrogen) atoms. The number of nitrogens with zero attached hydrogens (tertiary/aromatic N) is 1. The van der Waals surface area contributed by atoms with E-state index in [4.69, 9.17) is 0 Å². The maximum absolute atomic E-state index is 13.9. The molecule has 0 spiro atoms. The molecule has 1 amide bonds. The van der Waals surface area contributed by atoms with Crippen LogP contribution in [-0.4, -0.2) is 40.1 Å². The third-order valence-corrected chi connectivity index (χ3v) is 9.80. The van der Waals surface area contributed by atoms with E-state index in [1.807, 2.05) is 0 Å². The molecule has 196 valence electrons. The van der Waals surface area contributed by atoms with E-state index in [1.54, 1.807) is 30.3 Å². The first-order valence-corrected chi connectivity index (χ1v) is 15.3. The van der Waals surface area contributed by atoms with Crippen LogP contribution in [0.25, 0.3) is 0 Å². The van der Waals surface area contributed by atoms with Crippen molar-refractivity contribution in [3.63, 3.8) is 0 Å². The van der Waals surface area contributed by atoms with Gasteiger partial charge in [-0.25, -0.2) is 25.5 Å². The lowest BCUT2D eigenvalue weighted by Gasteiger charge is -2.30. The molecule has 1 heterocycles. The van der Waals surface area contributed by atoms with Crippen LogP contribution in [0.3, 0.4) is 0 Å². The van der Waals surface area contributed by atoms with Crippen LogP contribution in [0.5, 0.6) is 0 Å². The number of benzene rings is 3. The van der Waals surface area contributed by atoms with Crippen molar-refractivity contribution in [2.24, 2.45) is 5.92 Å². The van der Waals surface area contributed by atoms with Gasteiger partial charge in [-0.3, -0.25) is 9.52 Å². The van der Waals surface area contributed by atoms with Crippen LogP contribution in [0.4, 0.5) is 15.8 Å². The Morgan fingerprint density at radius 1 is 0.892 bits per heavy atom. The van der Waals surface area contributed by atoms with Gasteiger partial charge in [0.05, 0.1) is 10.6 Å². The van der Waals surface area contributed by atoms with E-state index in [2.05, 4.69) is 26.0 Å². The topological polar surface area (TPSA) is 113 Å². The Labute approximate surface area is 224 Å². The van der Waals surface area contributed by atoms with Gasteiger partial charge in [-0.15, -0.1) is 0 Å². The SMILES string of the molecule is O=C(Nc1ccc(S(=O)(=O)Nc2ccc(Br)cc2)cc1)C1CCN(S(=O)(=O)Cc2ccccc2F)CC1. The standard InChI is InChI=1S/C25H25BrFN3O5S2/c26-20-5-7-22(8-6-20)29-37(34,35)23-11-9-21(10-12-23)28-25(31)18-13-15-30(16-14-18)36(32,33)17-19-3-1-2-4-24(19)27/h1-12,18,29H,13-17H2,(H,28,31). The van der Waals surface area contributed by atoms with Crippen molar-refractivity contribution in [2.45, 2.75) is 23.5 Å². The van der Waals surface area contributed by atoms with Crippen molar-refractivity contribution in [2.75, 3.05) is 23.1 Å². The minimum Gasteiger partial charge on any atom is -0.326 e. The molecule has 3 aromatic rings. The van der Waals surface area contributed by atoms with Crippen molar-refractivity contribution in [1.82, 2.24) is 4.31 Å². The van der Waals surface area contributed by atoms with Crippen LogP contribution in [0, 0.1) is 11.7 Å². The zero-order valence-electron chi connectivity index (χ0n) is 19.6. The van der Waals surface area contributed by atoms with Gasteiger partial charge in [0.25, 0.3) is 10.0 Å². The van der Waals surface area contributed by atoms with Crippen LogP contribution < -0.4 is 10.0 Å². The quantitative estimate of drug-likeness (QED) is 0.388. The normalized spacial score (nSPS) is 15.3. The molecule has 0 bridgehead atoms. The molecule has 1 aliphatic rings. The summed E-state index contributed by atoms with van der Waals surface area (Å²) in [6.45, 7) is 0.321. The number of rotatable bonds is 8. The summed E-state index contributed by atoms with van der Waals surface area (Å²) in [5.41, 5.74) is 0.963. The van der Waals surface area contributed by atoms with Crippen molar-refractivity contribution in [3.8, 4) is 0 Å². The van der Waals surface area contributed by atoms with Gasteiger partial charge < -0.3 is 5.32 Å². The number of amides is 1. The van der Waals surface area contributed by atoms with E-state index in [9.17, 15) is 26.0 Å². The summed E-state index contributed by atoms with van der Waals surface area (Å²) in [4.78, 5) is 12.8. The highest BCUT2D eigenvalue weighted by Crippen LogP contribution is 2.25. The van der Waals surface area contributed by atoms with E-state index in [-0.39, 0.29) is 29.5 Å². The van der Waals surface area contributed by atoms with E-state index in [0.29, 0.717) is 24.2 Å². The fourth-order valence-corrected chi connectivity index (χ4v) is 6.89. The molecule has 1 fully saturated rings. The molecule has 0 unspecified atom stereocenters. The lowest BCUT2D eigenvalue weighted by atomic mass is 9.97. The molecular weight excluding hydrogens is 585 g/mol. The zero-order chi connectivity index (χ0) is 26.6. The van der Waals surface area contributed by atoms with E-state index >= 15 is 0 Å². The monoisotopic (exact) mass is 609 g/mol. The maximum atomic E-state index is 13.9. The highest BCUT2D eigenvalue weighted by atomic mass is 79.9. The van der Waals surface area contributed by atoms with E-state index in [0.717, 1.165) is 4.47 Å². The Kier molecular flexibility index (Phi) is 8.32. The predicted octanol–water partition coefficient (Wildman–Crippen LogP) is 4.57. The van der Waals surface area contributed by atoms with Gasteiger partial charge in [-0.05, 0) is 67.4 Å². The average Bonchev–Trinajstić information content (AvgIpc) is 2.87. The van der Waals surface area contributed by atoms with Gasteiger partial charge in [0.2, 0.25) is 15.9 Å². The first-order chi connectivity index (χ1) is 17.5. The number of carbonyl (C=O) groups is 1. The second-order valence-corrected chi connectivity index (χ2v) is 13.2. The first kappa shape index (κ1) is 27.2. The largest absolute Gasteiger partial charge is 0.326 e. The third kappa shape index (κ3) is 6.95. The Bertz CT molecular complexity index is 1470. The van der Waals surface area contributed by atoms with Crippen molar-refractivity contribution in [3.05, 3.63) is 88.6 Å². The van der Waals surface area contributed by atoms with Gasteiger partial charge in [0.1, 0.15) is 5.82 Å². The molecule has 0 saturated carbocycles. The van der Waals surface area contributed by atoms with E-state index in [1.165, 1.54) is 46.8 Å². The van der Waals surface area contributed by atoms with Crippen LogP contribution >= 0.6 is 15.9 Å². The fourth-order valence-electron chi connectivity index (χ4n) is 3.99.